The van der Waals surface area contributed by atoms with Gasteiger partial charge in [0.1, 0.15) is 17.5 Å². The lowest BCUT2D eigenvalue weighted by Crippen LogP contribution is -2.29. The number of esters is 1. The van der Waals surface area contributed by atoms with Crippen LogP contribution in [0.4, 0.5) is 0 Å². The van der Waals surface area contributed by atoms with Crippen molar-refractivity contribution < 1.29 is 19.1 Å². The molecule has 4 atom stereocenters. The number of epoxide rings is 1. The van der Waals surface area contributed by atoms with Crippen LogP contribution in [0.25, 0.3) is 10.2 Å². The first-order valence-corrected chi connectivity index (χ1v) is 15.1. The Bertz CT molecular complexity index is 1120. The molecule has 0 saturated carbocycles. The summed E-state index contributed by atoms with van der Waals surface area (Å²) in [5, 5.41) is 1.03. The Kier molecular flexibility index (Phi) is 8.49. The van der Waals surface area contributed by atoms with E-state index in [1.807, 2.05) is 20.8 Å². The zero-order valence-corrected chi connectivity index (χ0v) is 24.5. The van der Waals surface area contributed by atoms with Gasteiger partial charge in [-0.1, -0.05) is 59.4 Å². The Hall–Kier alpha value is -1.79. The van der Waals surface area contributed by atoms with Crippen molar-refractivity contribution in [1.82, 2.24) is 4.98 Å². The first-order valence-electron chi connectivity index (χ1n) is 14.3. The maximum atomic E-state index is 13.2. The van der Waals surface area contributed by atoms with Crippen LogP contribution in [0.1, 0.15) is 122 Å². The van der Waals surface area contributed by atoms with Gasteiger partial charge in [0.2, 0.25) is 0 Å². The lowest BCUT2D eigenvalue weighted by molar-refractivity contribution is -0.151. The third kappa shape index (κ3) is 6.44. The highest BCUT2D eigenvalue weighted by molar-refractivity contribution is 7.18. The first-order chi connectivity index (χ1) is 17.5. The van der Waals surface area contributed by atoms with Crippen molar-refractivity contribution in [3.05, 3.63) is 28.8 Å². The summed E-state index contributed by atoms with van der Waals surface area (Å²) in [4.78, 5) is 30.9. The predicted octanol–water partition coefficient (Wildman–Crippen LogP) is 8.27. The van der Waals surface area contributed by atoms with Crippen LogP contribution in [0.5, 0.6) is 0 Å². The van der Waals surface area contributed by atoms with Crippen LogP contribution in [0.3, 0.4) is 0 Å². The van der Waals surface area contributed by atoms with Gasteiger partial charge in [0.15, 0.2) is 0 Å². The van der Waals surface area contributed by atoms with Crippen molar-refractivity contribution in [2.45, 2.75) is 129 Å². The Labute approximate surface area is 226 Å². The summed E-state index contributed by atoms with van der Waals surface area (Å²) in [6.45, 7) is 12.7. The van der Waals surface area contributed by atoms with Crippen molar-refractivity contribution in [2.24, 2.45) is 11.3 Å². The van der Waals surface area contributed by atoms with E-state index < -0.39 is 11.5 Å². The van der Waals surface area contributed by atoms with E-state index in [2.05, 4.69) is 44.0 Å². The molecule has 0 spiro atoms. The second kappa shape index (κ2) is 11.1. The smallest absolute Gasteiger partial charge is 0.306 e. The minimum atomic E-state index is -0.525. The van der Waals surface area contributed by atoms with Crippen LogP contribution in [-0.4, -0.2) is 27.9 Å². The number of rotatable bonds is 4. The quantitative estimate of drug-likeness (QED) is 0.296. The maximum Gasteiger partial charge on any atom is 0.306 e. The Morgan fingerprint density at radius 1 is 1.11 bits per heavy atom. The maximum absolute atomic E-state index is 13.2. The van der Waals surface area contributed by atoms with Gasteiger partial charge in [-0.2, -0.15) is 0 Å². The third-order valence-electron chi connectivity index (χ3n) is 8.88. The molecule has 6 heteroatoms. The number of ketones is 1. The molecule has 0 amide bonds. The molecule has 2 fully saturated rings. The second-order valence-corrected chi connectivity index (χ2v) is 13.7. The molecule has 2 aliphatic rings. The average Bonchev–Trinajstić information content (AvgIpc) is 3.21. The summed E-state index contributed by atoms with van der Waals surface area (Å²) in [5.41, 5.74) is 0.915. The van der Waals surface area contributed by atoms with Crippen molar-refractivity contribution in [3.8, 4) is 0 Å². The van der Waals surface area contributed by atoms with Gasteiger partial charge in [-0.3, -0.25) is 9.59 Å². The molecular formula is C31H45NO4S. The molecule has 0 aliphatic carbocycles. The number of carbonyl (C=O) groups excluding carboxylic acids is 2. The van der Waals surface area contributed by atoms with E-state index in [9.17, 15) is 9.59 Å². The predicted molar refractivity (Wildman–Crippen MR) is 150 cm³/mol. The molecule has 1 aromatic carbocycles. The number of carbonyl (C=O) groups is 2. The Balaban J connectivity index is 1.65. The lowest BCUT2D eigenvalue weighted by Gasteiger charge is -2.27. The van der Waals surface area contributed by atoms with E-state index in [1.165, 1.54) is 0 Å². The van der Waals surface area contributed by atoms with Crippen LogP contribution >= 0.6 is 11.3 Å². The van der Waals surface area contributed by atoms with E-state index in [1.54, 1.807) is 11.3 Å². The van der Waals surface area contributed by atoms with Crippen LogP contribution in [0, 0.1) is 18.3 Å². The average molecular weight is 528 g/mol. The standard InChI is InChI=1S/C31H45NO4S/c1-7-8-17-31-20-25(23-12-13-26-24(19-23)32-22(3)37-26)35-28(34)15-18-29(4,5)27(33)14-11-21(2)10-9-16-30(31,6)36-31/h12-13,19,21,25H,7-11,14-18,20H2,1-6H3. The molecular weight excluding hydrogens is 482 g/mol. The summed E-state index contributed by atoms with van der Waals surface area (Å²) < 4.78 is 14.0. The number of aryl methyl sites for hydroxylation is 1. The number of cyclic esters (lactones) is 1. The lowest BCUT2D eigenvalue weighted by atomic mass is 9.79. The van der Waals surface area contributed by atoms with Crippen molar-refractivity contribution in [1.29, 1.82) is 0 Å². The number of aromatic nitrogens is 1. The number of benzene rings is 1. The van der Waals surface area contributed by atoms with Crippen LogP contribution in [0.15, 0.2) is 18.2 Å². The summed E-state index contributed by atoms with van der Waals surface area (Å²) in [6, 6.07) is 6.26. The zero-order chi connectivity index (χ0) is 26.8. The molecule has 2 aliphatic heterocycles. The van der Waals surface area contributed by atoms with E-state index >= 15 is 0 Å². The van der Waals surface area contributed by atoms with Crippen LogP contribution in [0.2, 0.25) is 0 Å². The molecule has 4 unspecified atom stereocenters. The number of thiazole rings is 1. The monoisotopic (exact) mass is 527 g/mol. The number of hydrogen-bond acceptors (Lipinski definition) is 6. The summed E-state index contributed by atoms with van der Waals surface area (Å²) in [5.74, 6) is 0.510. The van der Waals surface area contributed by atoms with Crippen molar-refractivity contribution in [3.63, 3.8) is 0 Å². The normalized spacial score (nSPS) is 31.6. The van der Waals surface area contributed by atoms with Gasteiger partial charge in [-0.05, 0) is 63.1 Å². The molecule has 204 valence electrons. The zero-order valence-electron chi connectivity index (χ0n) is 23.7. The summed E-state index contributed by atoms with van der Waals surface area (Å²) in [6.07, 6.45) is 8.84. The molecule has 0 radical (unpaired) electrons. The number of unbranched alkanes of at least 4 members (excludes halogenated alkanes) is 1. The van der Waals surface area contributed by atoms with Crippen molar-refractivity contribution in [2.75, 3.05) is 0 Å². The summed E-state index contributed by atoms with van der Waals surface area (Å²) in [7, 11) is 0. The molecule has 0 bridgehead atoms. The molecule has 2 saturated heterocycles. The van der Waals surface area contributed by atoms with Gasteiger partial charge in [-0.15, -0.1) is 11.3 Å². The first kappa shape index (κ1) is 28.2. The fraction of sp³-hybridized carbons (Fsp3) is 0.710. The molecule has 2 aromatic rings. The summed E-state index contributed by atoms with van der Waals surface area (Å²) >= 11 is 1.68. The Morgan fingerprint density at radius 3 is 2.65 bits per heavy atom. The minimum Gasteiger partial charge on any atom is -0.457 e. The minimum absolute atomic E-state index is 0.206. The molecule has 37 heavy (non-hydrogen) atoms. The van der Waals surface area contributed by atoms with Crippen molar-refractivity contribution >= 4 is 33.3 Å². The fourth-order valence-corrected chi connectivity index (χ4v) is 6.84. The highest BCUT2D eigenvalue weighted by atomic mass is 32.1. The van der Waals surface area contributed by atoms with Gasteiger partial charge in [0.05, 0.1) is 20.8 Å². The van der Waals surface area contributed by atoms with E-state index in [0.29, 0.717) is 25.2 Å². The second-order valence-electron chi connectivity index (χ2n) is 12.4. The Morgan fingerprint density at radius 2 is 1.89 bits per heavy atom. The van der Waals surface area contributed by atoms with Gasteiger partial charge in [0, 0.05) is 24.7 Å². The van der Waals surface area contributed by atoms with Gasteiger partial charge in [-0.25, -0.2) is 4.98 Å². The van der Waals surface area contributed by atoms with Gasteiger partial charge in [0.25, 0.3) is 0 Å². The van der Waals surface area contributed by atoms with Gasteiger partial charge < -0.3 is 9.47 Å². The van der Waals surface area contributed by atoms with Crippen LogP contribution < -0.4 is 0 Å². The van der Waals surface area contributed by atoms with Gasteiger partial charge >= 0.3 is 5.97 Å². The SMILES string of the molecule is CCCCC12CC(c3ccc4sc(C)nc4c3)OC(=O)CCC(C)(C)C(=O)CCC(C)CCCC1(C)O2. The topological polar surface area (TPSA) is 68.8 Å². The van der Waals surface area contributed by atoms with E-state index in [4.69, 9.17) is 9.47 Å². The third-order valence-corrected chi connectivity index (χ3v) is 9.83. The molecule has 3 heterocycles. The molecule has 4 rings (SSSR count). The number of hydrogen-bond donors (Lipinski definition) is 0. The number of Topliss-reactive ketones (excluding diaryl/α,β-unsaturated/α-hetero) is 1. The number of ether oxygens (including phenoxy) is 2. The highest BCUT2D eigenvalue weighted by Crippen LogP contribution is 2.58. The molecule has 0 N–H and O–H groups in total. The number of fused-ring (bicyclic) bond motifs is 2. The highest BCUT2D eigenvalue weighted by Gasteiger charge is 2.66. The largest absolute Gasteiger partial charge is 0.457 e. The van der Waals surface area contributed by atoms with E-state index in [0.717, 1.165) is 65.7 Å². The molecule has 5 nitrogen and oxygen atoms in total. The van der Waals surface area contributed by atoms with Crippen LogP contribution in [-0.2, 0) is 19.1 Å². The van der Waals surface area contributed by atoms with E-state index in [-0.39, 0.29) is 29.4 Å². The number of nitrogens with zero attached hydrogens (tertiary/aromatic N) is 1. The molecule has 1 aromatic heterocycles. The fourth-order valence-electron chi connectivity index (χ4n) is 6.03.